The Morgan fingerprint density at radius 1 is 1.23 bits per heavy atom. The number of esters is 1. The Kier molecular flexibility index (Phi) is 3.02. The molecule has 0 radical (unpaired) electrons. The molecule has 3 N–H and O–H groups in total. The van der Waals surface area contributed by atoms with Crippen LogP contribution in [0.1, 0.15) is 0 Å². The second kappa shape index (κ2) is 3.87. The topological polar surface area (TPSA) is 87.0 Å². The maximum atomic E-state index is 11.0. The van der Waals surface area contributed by atoms with E-state index in [0.717, 1.165) is 0 Å². The number of carbonyl (C=O) groups excluding carboxylic acids is 1. The zero-order valence-corrected chi connectivity index (χ0v) is 7.12. The number of hydrogen-bond acceptors (Lipinski definition) is 5. The van der Waals surface area contributed by atoms with Gasteiger partial charge in [-0.25, -0.2) is 0 Å². The predicted molar refractivity (Wildman–Crippen MR) is 42.7 cm³/mol. The Labute approximate surface area is 75.3 Å². The third kappa shape index (κ3) is 1.88. The van der Waals surface area contributed by atoms with Crippen LogP contribution in [0.25, 0.3) is 0 Å². The summed E-state index contributed by atoms with van der Waals surface area (Å²) in [6, 6.07) is 0. The molecule has 0 saturated heterocycles. The summed E-state index contributed by atoms with van der Waals surface area (Å²) < 4.78 is 4.40. The number of methoxy groups -OCH3 is 1. The third-order valence-electron chi connectivity index (χ3n) is 2.06. The summed E-state index contributed by atoms with van der Waals surface area (Å²) in [7, 11) is 1.19. The fourth-order valence-corrected chi connectivity index (χ4v) is 1.23. The van der Waals surface area contributed by atoms with Crippen molar-refractivity contribution in [2.24, 2.45) is 5.92 Å². The van der Waals surface area contributed by atoms with Crippen LogP contribution in [0.2, 0.25) is 0 Å². The lowest BCUT2D eigenvalue weighted by Crippen LogP contribution is -2.46. The third-order valence-corrected chi connectivity index (χ3v) is 2.06. The minimum absolute atomic E-state index is 0.630. The van der Waals surface area contributed by atoms with Crippen LogP contribution in [0.4, 0.5) is 0 Å². The average molecular weight is 188 g/mol. The minimum Gasteiger partial charge on any atom is -0.468 e. The van der Waals surface area contributed by atoms with Crippen molar-refractivity contribution in [3.8, 4) is 0 Å². The Morgan fingerprint density at radius 3 is 2.38 bits per heavy atom. The van der Waals surface area contributed by atoms with Gasteiger partial charge in [0.2, 0.25) is 0 Å². The molecule has 0 aromatic carbocycles. The normalized spacial score (nSPS) is 38.8. The zero-order valence-electron chi connectivity index (χ0n) is 7.12. The van der Waals surface area contributed by atoms with Crippen molar-refractivity contribution in [3.05, 3.63) is 12.2 Å². The van der Waals surface area contributed by atoms with E-state index in [1.807, 2.05) is 0 Å². The smallest absolute Gasteiger partial charge is 0.315 e. The number of aliphatic hydroxyl groups is 3. The van der Waals surface area contributed by atoms with Gasteiger partial charge in [0.1, 0.15) is 18.1 Å². The van der Waals surface area contributed by atoms with E-state index >= 15 is 0 Å². The van der Waals surface area contributed by atoms with Gasteiger partial charge in [0.15, 0.2) is 0 Å². The van der Waals surface area contributed by atoms with E-state index in [9.17, 15) is 15.0 Å². The Bertz CT molecular complexity index is 225. The van der Waals surface area contributed by atoms with Gasteiger partial charge in [0.05, 0.1) is 13.2 Å². The highest BCUT2D eigenvalue weighted by Gasteiger charge is 2.37. The maximum Gasteiger partial charge on any atom is 0.315 e. The second-order valence-corrected chi connectivity index (χ2v) is 2.91. The van der Waals surface area contributed by atoms with Crippen molar-refractivity contribution in [1.29, 1.82) is 0 Å². The number of carbonyl (C=O) groups is 1. The van der Waals surface area contributed by atoms with Crippen molar-refractivity contribution in [2.75, 3.05) is 7.11 Å². The molecule has 1 aliphatic carbocycles. The van der Waals surface area contributed by atoms with E-state index in [2.05, 4.69) is 4.74 Å². The first kappa shape index (κ1) is 10.2. The zero-order chi connectivity index (χ0) is 10.0. The van der Waals surface area contributed by atoms with Crippen LogP contribution >= 0.6 is 0 Å². The molecule has 0 amide bonds. The molecule has 0 aromatic heterocycles. The molecule has 0 bridgehead atoms. The van der Waals surface area contributed by atoms with Crippen molar-refractivity contribution < 1.29 is 24.9 Å². The molecular formula is C8H12O5. The highest BCUT2D eigenvalue weighted by Crippen LogP contribution is 2.20. The summed E-state index contributed by atoms with van der Waals surface area (Å²) >= 11 is 0. The first-order chi connectivity index (χ1) is 6.07. The molecule has 4 atom stereocenters. The minimum atomic E-state index is -1.34. The molecule has 0 aliphatic heterocycles. The van der Waals surface area contributed by atoms with E-state index in [1.54, 1.807) is 0 Å². The van der Waals surface area contributed by atoms with Crippen molar-refractivity contribution >= 4 is 5.97 Å². The van der Waals surface area contributed by atoms with Gasteiger partial charge in [-0.1, -0.05) is 12.2 Å². The highest BCUT2D eigenvalue weighted by atomic mass is 16.5. The summed E-state index contributed by atoms with van der Waals surface area (Å²) in [5, 5.41) is 27.6. The Hall–Kier alpha value is -0.910. The van der Waals surface area contributed by atoms with Crippen LogP contribution in [-0.4, -0.2) is 46.7 Å². The molecule has 13 heavy (non-hydrogen) atoms. The fraction of sp³-hybridized carbons (Fsp3) is 0.625. The molecular weight excluding hydrogens is 176 g/mol. The molecule has 0 unspecified atom stereocenters. The van der Waals surface area contributed by atoms with E-state index < -0.39 is 30.2 Å². The van der Waals surface area contributed by atoms with Crippen LogP contribution in [0.15, 0.2) is 12.2 Å². The number of aliphatic hydroxyl groups excluding tert-OH is 3. The van der Waals surface area contributed by atoms with Crippen LogP contribution in [0, 0.1) is 5.92 Å². The summed E-state index contributed by atoms with van der Waals surface area (Å²) in [5.74, 6) is -1.53. The highest BCUT2D eigenvalue weighted by molar-refractivity contribution is 5.75. The predicted octanol–water partition coefficient (Wildman–Crippen LogP) is -1.57. The maximum absolute atomic E-state index is 11.0. The molecule has 0 saturated carbocycles. The van der Waals surface area contributed by atoms with Gasteiger partial charge in [0, 0.05) is 0 Å². The van der Waals surface area contributed by atoms with Crippen LogP contribution < -0.4 is 0 Å². The van der Waals surface area contributed by atoms with Gasteiger partial charge >= 0.3 is 5.97 Å². The van der Waals surface area contributed by atoms with E-state index in [0.29, 0.717) is 0 Å². The largest absolute Gasteiger partial charge is 0.468 e. The van der Waals surface area contributed by atoms with Crippen molar-refractivity contribution in [1.82, 2.24) is 0 Å². The van der Waals surface area contributed by atoms with Gasteiger partial charge in [-0.15, -0.1) is 0 Å². The monoisotopic (exact) mass is 188 g/mol. The molecule has 5 nitrogen and oxygen atoms in total. The fourth-order valence-electron chi connectivity index (χ4n) is 1.23. The van der Waals surface area contributed by atoms with Gasteiger partial charge in [-0.3, -0.25) is 4.79 Å². The van der Waals surface area contributed by atoms with Gasteiger partial charge in [0.25, 0.3) is 0 Å². The number of hydrogen-bond donors (Lipinski definition) is 3. The van der Waals surface area contributed by atoms with Crippen LogP contribution in [0.3, 0.4) is 0 Å². The lowest BCUT2D eigenvalue weighted by molar-refractivity contribution is -0.152. The molecule has 0 heterocycles. The van der Waals surface area contributed by atoms with Gasteiger partial charge in [-0.05, 0) is 0 Å². The lowest BCUT2D eigenvalue weighted by atomic mass is 9.89. The Balaban J connectivity index is 2.78. The van der Waals surface area contributed by atoms with Crippen LogP contribution in [0.5, 0.6) is 0 Å². The Morgan fingerprint density at radius 2 is 1.85 bits per heavy atom. The molecule has 0 aromatic rings. The molecule has 74 valence electrons. The van der Waals surface area contributed by atoms with Crippen molar-refractivity contribution in [2.45, 2.75) is 18.3 Å². The lowest BCUT2D eigenvalue weighted by Gasteiger charge is -2.28. The average Bonchev–Trinajstić information content (AvgIpc) is 2.13. The summed E-state index contributed by atoms with van der Waals surface area (Å²) in [6.45, 7) is 0. The van der Waals surface area contributed by atoms with E-state index in [4.69, 9.17) is 5.11 Å². The summed E-state index contributed by atoms with van der Waals surface area (Å²) in [4.78, 5) is 11.0. The van der Waals surface area contributed by atoms with E-state index in [-0.39, 0.29) is 0 Å². The SMILES string of the molecule is COC(=O)[C@@H]1C=C[C@@H](O)[C@H](O)[C@H]1O. The summed E-state index contributed by atoms with van der Waals surface area (Å²) in [5.41, 5.74) is 0. The number of ether oxygens (including phenoxy) is 1. The molecule has 0 fully saturated rings. The quantitative estimate of drug-likeness (QED) is 0.342. The first-order valence-corrected chi connectivity index (χ1v) is 3.88. The van der Waals surface area contributed by atoms with E-state index in [1.165, 1.54) is 19.3 Å². The molecule has 1 rings (SSSR count). The standard InChI is InChI=1S/C8H12O5/c1-13-8(12)4-2-3-5(9)7(11)6(4)10/h2-7,9-11H,1H3/t4-,5-,6+,7+/m1/s1. The number of rotatable bonds is 1. The van der Waals surface area contributed by atoms with Gasteiger partial charge < -0.3 is 20.1 Å². The van der Waals surface area contributed by atoms with Gasteiger partial charge in [-0.2, -0.15) is 0 Å². The van der Waals surface area contributed by atoms with Crippen LogP contribution in [-0.2, 0) is 9.53 Å². The molecule has 0 spiro atoms. The summed E-state index contributed by atoms with van der Waals surface area (Å²) in [6.07, 6.45) is -1.19. The van der Waals surface area contributed by atoms with Crippen molar-refractivity contribution in [3.63, 3.8) is 0 Å². The first-order valence-electron chi connectivity index (χ1n) is 3.88. The second-order valence-electron chi connectivity index (χ2n) is 2.91. The molecule has 5 heteroatoms. The molecule has 1 aliphatic rings.